The molecule has 0 spiro atoms. The van der Waals surface area contributed by atoms with Crippen molar-refractivity contribution in [1.29, 1.82) is 0 Å². The Labute approximate surface area is 213 Å². The summed E-state index contributed by atoms with van der Waals surface area (Å²) < 4.78 is 23.3. The predicted octanol–water partition coefficient (Wildman–Crippen LogP) is 5.54. The minimum atomic E-state index is -0.662. The minimum absolute atomic E-state index is 0.0213. The molecule has 0 saturated heterocycles. The molecular formula is C28H38N2O6. The maximum atomic E-state index is 13.2. The molecule has 2 aromatic carbocycles. The van der Waals surface area contributed by atoms with E-state index in [0.717, 1.165) is 0 Å². The lowest BCUT2D eigenvalue weighted by molar-refractivity contribution is -0.127. The number of fused-ring (bicyclic) bond motifs is 1. The number of carbonyl (C=O) groups is 2. The molecule has 0 fully saturated rings. The average Bonchev–Trinajstić information content (AvgIpc) is 2.91. The van der Waals surface area contributed by atoms with Gasteiger partial charge in [-0.3, -0.25) is 9.59 Å². The molecule has 196 valence electrons. The lowest BCUT2D eigenvalue weighted by Gasteiger charge is -2.29. The number of ether oxygens (including phenoxy) is 4. The third-order valence-corrected chi connectivity index (χ3v) is 5.64. The predicted molar refractivity (Wildman–Crippen MR) is 141 cm³/mol. The molecule has 0 aliphatic carbocycles. The average molecular weight is 499 g/mol. The van der Waals surface area contributed by atoms with Crippen LogP contribution < -0.4 is 29.2 Å². The van der Waals surface area contributed by atoms with Crippen molar-refractivity contribution in [3.63, 3.8) is 0 Å². The first-order chi connectivity index (χ1) is 17.1. The van der Waals surface area contributed by atoms with Gasteiger partial charge in [-0.05, 0) is 64.8 Å². The molecule has 36 heavy (non-hydrogen) atoms. The summed E-state index contributed by atoms with van der Waals surface area (Å²) in [7, 11) is 0. The Morgan fingerprint density at radius 1 is 1.03 bits per heavy atom. The highest BCUT2D eigenvalue weighted by Crippen LogP contribution is 2.41. The van der Waals surface area contributed by atoms with E-state index in [9.17, 15) is 9.59 Å². The van der Waals surface area contributed by atoms with Gasteiger partial charge >= 0.3 is 0 Å². The quantitative estimate of drug-likeness (QED) is 0.463. The minimum Gasteiger partial charge on any atom is -0.490 e. The molecule has 1 N–H and O–H groups in total. The van der Waals surface area contributed by atoms with E-state index in [-0.39, 0.29) is 24.3 Å². The molecule has 0 unspecified atom stereocenters. The number of nitrogens with zero attached hydrogens (tertiary/aromatic N) is 1. The summed E-state index contributed by atoms with van der Waals surface area (Å²) >= 11 is 0. The number of amides is 2. The molecule has 1 aliphatic rings. The Balaban J connectivity index is 1.93. The highest BCUT2D eigenvalue weighted by atomic mass is 16.5. The van der Waals surface area contributed by atoms with E-state index in [1.165, 1.54) is 0 Å². The molecular weight excluding hydrogens is 460 g/mol. The van der Waals surface area contributed by atoms with E-state index in [1.807, 2.05) is 40.7 Å². The van der Waals surface area contributed by atoms with E-state index in [0.29, 0.717) is 66.3 Å². The van der Waals surface area contributed by atoms with Crippen LogP contribution in [0.2, 0.25) is 0 Å². The fourth-order valence-electron chi connectivity index (χ4n) is 3.99. The number of benzene rings is 2. The summed E-state index contributed by atoms with van der Waals surface area (Å²) in [6, 6.07) is 8.66. The van der Waals surface area contributed by atoms with Crippen LogP contribution in [0, 0.1) is 11.3 Å². The summed E-state index contributed by atoms with van der Waals surface area (Å²) in [5.41, 5.74) is 0.972. The SMILES string of the molecule is CCOc1cc(C(=O)Nc2ccc3c(c2)OCC(C)(C)C(=O)N3CC(C)C)cc(OCC)c1OCC. The van der Waals surface area contributed by atoms with E-state index < -0.39 is 5.41 Å². The van der Waals surface area contributed by atoms with Gasteiger partial charge < -0.3 is 29.2 Å². The van der Waals surface area contributed by atoms with Gasteiger partial charge in [0.15, 0.2) is 11.5 Å². The molecule has 1 aliphatic heterocycles. The van der Waals surface area contributed by atoms with Crippen LogP contribution >= 0.6 is 0 Å². The largest absolute Gasteiger partial charge is 0.490 e. The van der Waals surface area contributed by atoms with Crippen molar-refractivity contribution in [3.05, 3.63) is 35.9 Å². The molecule has 0 atom stereocenters. The lowest BCUT2D eigenvalue weighted by atomic mass is 9.92. The van der Waals surface area contributed by atoms with E-state index in [4.69, 9.17) is 18.9 Å². The summed E-state index contributed by atoms with van der Waals surface area (Å²) in [6.45, 7) is 15.6. The van der Waals surface area contributed by atoms with Crippen molar-refractivity contribution in [2.45, 2.75) is 48.5 Å². The highest BCUT2D eigenvalue weighted by molar-refractivity contribution is 6.06. The molecule has 2 aromatic rings. The molecule has 1 heterocycles. The zero-order valence-electron chi connectivity index (χ0n) is 22.4. The summed E-state index contributed by atoms with van der Waals surface area (Å²) in [5, 5.41) is 2.93. The fraction of sp³-hybridized carbons (Fsp3) is 0.500. The number of rotatable bonds is 10. The molecule has 0 bridgehead atoms. The Hall–Kier alpha value is -3.42. The standard InChI is InChI=1S/C28H38N2O6/c1-8-33-23-13-19(14-24(34-9-2)25(23)35-10-3)26(31)29-20-11-12-21-22(15-20)36-17-28(6,7)27(32)30(21)16-18(4)5/h11-15,18H,8-10,16-17H2,1-7H3,(H,29,31). The maximum Gasteiger partial charge on any atom is 0.255 e. The molecule has 0 radical (unpaired) electrons. The van der Waals surface area contributed by atoms with Gasteiger partial charge in [-0.15, -0.1) is 0 Å². The zero-order valence-corrected chi connectivity index (χ0v) is 22.4. The molecule has 0 aromatic heterocycles. The van der Waals surface area contributed by atoms with Crippen molar-refractivity contribution in [2.24, 2.45) is 11.3 Å². The lowest BCUT2D eigenvalue weighted by Crippen LogP contribution is -2.43. The topological polar surface area (TPSA) is 86.3 Å². The van der Waals surface area contributed by atoms with Crippen LogP contribution in [0.1, 0.15) is 58.8 Å². The zero-order chi connectivity index (χ0) is 26.5. The number of carbonyl (C=O) groups excluding carboxylic acids is 2. The summed E-state index contributed by atoms with van der Waals surface area (Å²) in [4.78, 5) is 28.2. The third-order valence-electron chi connectivity index (χ3n) is 5.64. The molecule has 8 heteroatoms. The number of hydrogen-bond acceptors (Lipinski definition) is 6. The maximum absolute atomic E-state index is 13.2. The first-order valence-electron chi connectivity index (χ1n) is 12.6. The first-order valence-corrected chi connectivity index (χ1v) is 12.6. The Morgan fingerprint density at radius 2 is 1.64 bits per heavy atom. The van der Waals surface area contributed by atoms with Crippen LogP contribution in [-0.4, -0.2) is 44.8 Å². The van der Waals surface area contributed by atoms with E-state index in [2.05, 4.69) is 19.2 Å². The molecule has 0 saturated carbocycles. The monoisotopic (exact) mass is 498 g/mol. The van der Waals surface area contributed by atoms with Crippen molar-refractivity contribution < 1.29 is 28.5 Å². The van der Waals surface area contributed by atoms with Crippen molar-refractivity contribution in [3.8, 4) is 23.0 Å². The van der Waals surface area contributed by atoms with E-state index >= 15 is 0 Å². The summed E-state index contributed by atoms with van der Waals surface area (Å²) in [5.74, 6) is 1.92. The van der Waals surface area contributed by atoms with Gasteiger partial charge in [0.05, 0.1) is 30.9 Å². The van der Waals surface area contributed by atoms with E-state index in [1.54, 1.807) is 29.2 Å². The van der Waals surface area contributed by atoms with Gasteiger partial charge in [-0.2, -0.15) is 0 Å². The van der Waals surface area contributed by atoms with Gasteiger partial charge in [0.2, 0.25) is 11.7 Å². The Morgan fingerprint density at radius 3 is 2.19 bits per heavy atom. The van der Waals surface area contributed by atoms with Crippen LogP contribution in [-0.2, 0) is 4.79 Å². The van der Waals surface area contributed by atoms with Crippen LogP contribution in [0.15, 0.2) is 30.3 Å². The van der Waals surface area contributed by atoms with Gasteiger partial charge in [-0.1, -0.05) is 13.8 Å². The highest BCUT2D eigenvalue weighted by Gasteiger charge is 2.38. The number of anilines is 2. The van der Waals surface area contributed by atoms with Crippen molar-refractivity contribution in [2.75, 3.05) is 43.2 Å². The Bertz CT molecular complexity index is 1070. The second kappa shape index (κ2) is 11.5. The van der Waals surface area contributed by atoms with Gasteiger partial charge in [0.25, 0.3) is 5.91 Å². The normalized spacial score (nSPS) is 14.6. The number of hydrogen-bond donors (Lipinski definition) is 1. The number of nitrogens with one attached hydrogen (secondary N) is 1. The fourth-order valence-corrected chi connectivity index (χ4v) is 3.99. The first kappa shape index (κ1) is 27.2. The molecule has 8 nitrogen and oxygen atoms in total. The smallest absolute Gasteiger partial charge is 0.255 e. The second-order valence-corrected chi connectivity index (χ2v) is 9.72. The van der Waals surface area contributed by atoms with Crippen molar-refractivity contribution in [1.82, 2.24) is 0 Å². The van der Waals surface area contributed by atoms with Crippen LogP contribution in [0.4, 0.5) is 11.4 Å². The molecule has 2 amide bonds. The van der Waals surface area contributed by atoms with Gasteiger partial charge in [0.1, 0.15) is 12.4 Å². The molecule has 3 rings (SSSR count). The van der Waals surface area contributed by atoms with Crippen LogP contribution in [0.3, 0.4) is 0 Å². The van der Waals surface area contributed by atoms with Crippen LogP contribution in [0.5, 0.6) is 23.0 Å². The second-order valence-electron chi connectivity index (χ2n) is 9.72. The third kappa shape index (κ3) is 6.04. The van der Waals surface area contributed by atoms with Gasteiger partial charge in [0, 0.05) is 23.9 Å². The Kier molecular flexibility index (Phi) is 8.71. The summed E-state index contributed by atoms with van der Waals surface area (Å²) in [6.07, 6.45) is 0. The van der Waals surface area contributed by atoms with Gasteiger partial charge in [-0.25, -0.2) is 0 Å². The van der Waals surface area contributed by atoms with Crippen molar-refractivity contribution >= 4 is 23.2 Å². The van der Waals surface area contributed by atoms with Crippen LogP contribution in [0.25, 0.3) is 0 Å².